The number of hydrogen-bond acceptors (Lipinski definition) is 3. The van der Waals surface area contributed by atoms with Gasteiger partial charge in [-0.05, 0) is 45.1 Å². The molecule has 1 heterocycles. The Bertz CT molecular complexity index is 472. The summed E-state index contributed by atoms with van der Waals surface area (Å²) < 4.78 is 1.01. The molecule has 1 aromatic carbocycles. The Morgan fingerprint density at radius 3 is 2.52 bits per heavy atom. The minimum Gasteiger partial charge on any atom is -0.305 e. The third kappa shape index (κ3) is 4.63. The Hall–Kier alpha value is -0.710. The fourth-order valence-corrected chi connectivity index (χ4v) is 3.41. The van der Waals surface area contributed by atoms with E-state index in [1.807, 2.05) is 24.3 Å². The fraction of sp³-hybridized carbons (Fsp3) is 0.588. The summed E-state index contributed by atoms with van der Waals surface area (Å²) in [6.45, 7) is 5.62. The molecule has 0 amide bonds. The molecule has 4 heteroatoms. The van der Waals surface area contributed by atoms with Crippen LogP contribution in [0.15, 0.2) is 28.7 Å². The molecule has 2 rings (SSSR count). The van der Waals surface area contributed by atoms with Gasteiger partial charge in [0.25, 0.3) is 0 Å². The molecule has 1 aliphatic heterocycles. The molecule has 116 valence electrons. The topological polar surface area (TPSA) is 23.6 Å². The van der Waals surface area contributed by atoms with Gasteiger partial charge in [-0.3, -0.25) is 4.79 Å². The summed E-state index contributed by atoms with van der Waals surface area (Å²) in [6.07, 6.45) is 1.58. The van der Waals surface area contributed by atoms with E-state index < -0.39 is 0 Å². The van der Waals surface area contributed by atoms with E-state index in [0.29, 0.717) is 18.4 Å². The highest BCUT2D eigenvalue weighted by atomic mass is 79.9. The van der Waals surface area contributed by atoms with Crippen LogP contribution in [0.2, 0.25) is 0 Å². The number of ketones is 1. The zero-order valence-corrected chi connectivity index (χ0v) is 14.8. The van der Waals surface area contributed by atoms with Crippen molar-refractivity contribution in [3.8, 4) is 0 Å². The van der Waals surface area contributed by atoms with Crippen LogP contribution in [0.4, 0.5) is 0 Å². The third-order valence-electron chi connectivity index (χ3n) is 4.36. The number of likely N-dealkylation sites (N-methyl/N-ethyl adjacent to an activating group) is 1. The molecule has 0 aliphatic carbocycles. The van der Waals surface area contributed by atoms with E-state index in [4.69, 9.17) is 0 Å². The molecule has 2 unspecified atom stereocenters. The number of rotatable bonds is 6. The summed E-state index contributed by atoms with van der Waals surface area (Å²) in [5.41, 5.74) is 0.819. The first kappa shape index (κ1) is 16.7. The Balaban J connectivity index is 1.75. The van der Waals surface area contributed by atoms with Crippen LogP contribution in [0.25, 0.3) is 0 Å². The van der Waals surface area contributed by atoms with E-state index in [0.717, 1.165) is 36.1 Å². The van der Waals surface area contributed by atoms with Crippen LogP contribution in [-0.4, -0.2) is 55.4 Å². The van der Waals surface area contributed by atoms with E-state index in [-0.39, 0.29) is 5.78 Å². The van der Waals surface area contributed by atoms with Gasteiger partial charge in [0, 0.05) is 35.6 Å². The summed E-state index contributed by atoms with van der Waals surface area (Å²) in [5.74, 6) is 0.959. The molecule has 0 radical (unpaired) electrons. The quantitative estimate of drug-likeness (QED) is 0.734. The second kappa shape index (κ2) is 7.52. The van der Waals surface area contributed by atoms with Crippen molar-refractivity contribution in [2.45, 2.75) is 25.8 Å². The Morgan fingerprint density at radius 2 is 1.95 bits per heavy atom. The zero-order valence-electron chi connectivity index (χ0n) is 13.2. The van der Waals surface area contributed by atoms with Crippen LogP contribution in [-0.2, 0) is 0 Å². The van der Waals surface area contributed by atoms with Crippen LogP contribution in [0.5, 0.6) is 0 Å². The maximum absolute atomic E-state index is 12.1. The Kier molecular flexibility index (Phi) is 5.97. The van der Waals surface area contributed by atoms with Gasteiger partial charge in [-0.15, -0.1) is 0 Å². The molecule has 1 aliphatic rings. The first-order chi connectivity index (χ1) is 9.97. The fourth-order valence-electron chi connectivity index (χ4n) is 3.15. The SMILES string of the molecule is CC1CN(CCCC(=O)c2ccc(Br)cc2)CC1N(C)C. The van der Waals surface area contributed by atoms with Gasteiger partial charge < -0.3 is 9.80 Å². The summed E-state index contributed by atoms with van der Waals surface area (Å²) >= 11 is 3.39. The molecule has 3 nitrogen and oxygen atoms in total. The van der Waals surface area contributed by atoms with Crippen LogP contribution >= 0.6 is 15.9 Å². The average molecular weight is 353 g/mol. The molecule has 2 atom stereocenters. The number of carbonyl (C=O) groups excluding carboxylic acids is 1. The standard InChI is InChI=1S/C17H25BrN2O/c1-13-11-20(12-16(13)19(2)3)10-4-5-17(21)14-6-8-15(18)9-7-14/h6-9,13,16H,4-5,10-12H2,1-3H3. The predicted molar refractivity (Wildman–Crippen MR) is 90.8 cm³/mol. The number of Topliss-reactive ketones (excluding diaryl/α,β-unsaturated/α-hetero) is 1. The molecule has 0 bridgehead atoms. The van der Waals surface area contributed by atoms with Crippen molar-refractivity contribution in [3.63, 3.8) is 0 Å². The van der Waals surface area contributed by atoms with Gasteiger partial charge in [-0.2, -0.15) is 0 Å². The van der Waals surface area contributed by atoms with Gasteiger partial charge in [0.2, 0.25) is 0 Å². The molecule has 0 aromatic heterocycles. The van der Waals surface area contributed by atoms with Crippen molar-refractivity contribution in [1.82, 2.24) is 9.80 Å². The van der Waals surface area contributed by atoms with Gasteiger partial charge in [-0.25, -0.2) is 0 Å². The van der Waals surface area contributed by atoms with E-state index in [2.05, 4.69) is 46.7 Å². The second-order valence-electron chi connectivity index (χ2n) is 6.30. The minimum atomic E-state index is 0.249. The van der Waals surface area contributed by atoms with Crippen molar-refractivity contribution >= 4 is 21.7 Å². The highest BCUT2D eigenvalue weighted by Gasteiger charge is 2.30. The summed E-state index contributed by atoms with van der Waals surface area (Å²) in [5, 5.41) is 0. The van der Waals surface area contributed by atoms with Gasteiger partial charge in [0.1, 0.15) is 0 Å². The number of halogens is 1. The number of hydrogen-bond donors (Lipinski definition) is 0. The molecule has 0 saturated carbocycles. The van der Waals surface area contributed by atoms with Crippen molar-refractivity contribution in [3.05, 3.63) is 34.3 Å². The first-order valence-electron chi connectivity index (χ1n) is 7.65. The van der Waals surface area contributed by atoms with Crippen molar-refractivity contribution < 1.29 is 4.79 Å². The molecular weight excluding hydrogens is 328 g/mol. The van der Waals surface area contributed by atoms with Crippen molar-refractivity contribution in [2.75, 3.05) is 33.7 Å². The van der Waals surface area contributed by atoms with Crippen molar-refractivity contribution in [2.24, 2.45) is 5.92 Å². The normalized spacial score (nSPS) is 22.9. The molecule has 1 fully saturated rings. The highest BCUT2D eigenvalue weighted by Crippen LogP contribution is 2.20. The van der Waals surface area contributed by atoms with E-state index >= 15 is 0 Å². The molecule has 21 heavy (non-hydrogen) atoms. The van der Waals surface area contributed by atoms with Gasteiger partial charge in [0.05, 0.1) is 0 Å². The largest absolute Gasteiger partial charge is 0.305 e. The third-order valence-corrected chi connectivity index (χ3v) is 4.88. The van der Waals surface area contributed by atoms with Crippen LogP contribution in [0, 0.1) is 5.92 Å². The number of benzene rings is 1. The van der Waals surface area contributed by atoms with Crippen LogP contribution in [0.1, 0.15) is 30.1 Å². The Morgan fingerprint density at radius 1 is 1.29 bits per heavy atom. The molecule has 1 saturated heterocycles. The number of carbonyl (C=O) groups is 1. The van der Waals surface area contributed by atoms with Crippen LogP contribution < -0.4 is 0 Å². The zero-order chi connectivity index (χ0) is 15.4. The van der Waals surface area contributed by atoms with Crippen molar-refractivity contribution in [1.29, 1.82) is 0 Å². The lowest BCUT2D eigenvalue weighted by molar-refractivity contribution is 0.0975. The van der Waals surface area contributed by atoms with E-state index in [1.54, 1.807) is 0 Å². The van der Waals surface area contributed by atoms with E-state index in [9.17, 15) is 4.79 Å². The molecule has 1 aromatic rings. The average Bonchev–Trinajstić information content (AvgIpc) is 2.80. The molecule has 0 N–H and O–H groups in total. The Labute approximate surface area is 136 Å². The summed E-state index contributed by atoms with van der Waals surface area (Å²) in [6, 6.07) is 8.29. The van der Waals surface area contributed by atoms with E-state index in [1.165, 1.54) is 0 Å². The lowest BCUT2D eigenvalue weighted by Crippen LogP contribution is -2.34. The predicted octanol–water partition coefficient (Wildman–Crippen LogP) is 3.29. The van der Waals surface area contributed by atoms with Gasteiger partial charge in [0.15, 0.2) is 5.78 Å². The summed E-state index contributed by atoms with van der Waals surface area (Å²) in [7, 11) is 4.31. The minimum absolute atomic E-state index is 0.249. The smallest absolute Gasteiger partial charge is 0.162 e. The van der Waals surface area contributed by atoms with Gasteiger partial charge >= 0.3 is 0 Å². The first-order valence-corrected chi connectivity index (χ1v) is 8.44. The summed E-state index contributed by atoms with van der Waals surface area (Å²) in [4.78, 5) is 16.9. The lowest BCUT2D eigenvalue weighted by atomic mass is 10.1. The monoisotopic (exact) mass is 352 g/mol. The number of likely N-dealkylation sites (tertiary alicyclic amines) is 1. The maximum atomic E-state index is 12.1. The maximum Gasteiger partial charge on any atom is 0.162 e. The molecular formula is C17H25BrN2O. The number of nitrogens with zero attached hydrogens (tertiary/aromatic N) is 2. The second-order valence-corrected chi connectivity index (χ2v) is 7.22. The lowest BCUT2D eigenvalue weighted by Gasteiger charge is -2.22. The van der Waals surface area contributed by atoms with Crippen LogP contribution in [0.3, 0.4) is 0 Å². The molecule has 0 spiro atoms. The highest BCUT2D eigenvalue weighted by molar-refractivity contribution is 9.10. The van der Waals surface area contributed by atoms with Gasteiger partial charge in [-0.1, -0.05) is 35.0 Å².